The van der Waals surface area contributed by atoms with Gasteiger partial charge in [0.15, 0.2) is 0 Å². The fourth-order valence-corrected chi connectivity index (χ4v) is 2.31. The summed E-state index contributed by atoms with van der Waals surface area (Å²) in [6.45, 7) is 10.7. The normalized spacial score (nSPS) is 24.3. The van der Waals surface area contributed by atoms with E-state index in [0.29, 0.717) is 0 Å². The molecule has 0 fully saturated rings. The van der Waals surface area contributed by atoms with E-state index in [0.717, 1.165) is 5.57 Å². The third-order valence-corrected chi connectivity index (χ3v) is 3.57. The summed E-state index contributed by atoms with van der Waals surface area (Å²) in [4.78, 5) is 0. The van der Waals surface area contributed by atoms with Gasteiger partial charge in [0.1, 0.15) is 0 Å². The number of rotatable bonds is 2. The van der Waals surface area contributed by atoms with Crippen LogP contribution in [0, 0.1) is 5.41 Å². The highest BCUT2D eigenvalue weighted by Crippen LogP contribution is 2.41. The third-order valence-electron chi connectivity index (χ3n) is 3.57. The van der Waals surface area contributed by atoms with Gasteiger partial charge in [0.2, 0.25) is 0 Å². The summed E-state index contributed by atoms with van der Waals surface area (Å²) in [6.07, 6.45) is 5.62. The molecule has 0 aliphatic heterocycles. The highest BCUT2D eigenvalue weighted by atomic mass is 16.3. The second kappa shape index (κ2) is 4.52. The minimum Gasteiger partial charge on any atom is -0.389 e. The molecule has 0 saturated carbocycles. The smallest absolute Gasteiger partial charge is 0.0722 e. The SMILES string of the molecule is CC1=C(/C=C(/C)[C@@H](C)O)C(C)(C)CCC1. The number of hydrogen-bond acceptors (Lipinski definition) is 1. The first kappa shape index (κ1) is 12.5. The van der Waals surface area contributed by atoms with Crippen molar-refractivity contribution in [1.29, 1.82) is 0 Å². The molecule has 1 nitrogen and oxygen atoms in total. The van der Waals surface area contributed by atoms with Crippen molar-refractivity contribution in [1.82, 2.24) is 0 Å². The van der Waals surface area contributed by atoms with Crippen LogP contribution in [-0.2, 0) is 0 Å². The second-order valence-corrected chi connectivity index (χ2v) is 5.50. The molecule has 0 heterocycles. The Kier molecular flexibility index (Phi) is 3.77. The maximum Gasteiger partial charge on any atom is 0.0722 e. The molecule has 15 heavy (non-hydrogen) atoms. The lowest BCUT2D eigenvalue weighted by Crippen LogP contribution is -2.20. The molecule has 1 N–H and O–H groups in total. The van der Waals surface area contributed by atoms with E-state index in [9.17, 15) is 5.11 Å². The molecule has 1 aliphatic rings. The molecule has 0 aromatic carbocycles. The molecule has 86 valence electrons. The van der Waals surface area contributed by atoms with Crippen molar-refractivity contribution in [2.24, 2.45) is 5.41 Å². The molecule has 1 rings (SSSR count). The minimum absolute atomic E-state index is 0.276. The second-order valence-electron chi connectivity index (χ2n) is 5.50. The molecule has 0 aromatic rings. The standard InChI is InChI=1S/C14H24O/c1-10-7-6-8-14(4,5)13(10)9-11(2)12(3)15/h9,12,15H,6-8H2,1-5H3/b11-9-/t12-/m1/s1. The van der Waals surface area contributed by atoms with Gasteiger partial charge in [0.05, 0.1) is 6.10 Å². The predicted molar refractivity (Wildman–Crippen MR) is 65.8 cm³/mol. The molecular formula is C14H24O. The Bertz CT molecular complexity index is 292. The van der Waals surface area contributed by atoms with E-state index < -0.39 is 0 Å². The van der Waals surface area contributed by atoms with Gasteiger partial charge in [-0.2, -0.15) is 0 Å². The Morgan fingerprint density at radius 2 is 2.07 bits per heavy atom. The largest absolute Gasteiger partial charge is 0.389 e. The molecular weight excluding hydrogens is 184 g/mol. The summed E-state index contributed by atoms with van der Waals surface area (Å²) < 4.78 is 0. The van der Waals surface area contributed by atoms with Crippen LogP contribution in [0.3, 0.4) is 0 Å². The van der Waals surface area contributed by atoms with E-state index in [1.807, 2.05) is 13.8 Å². The van der Waals surface area contributed by atoms with E-state index in [1.54, 1.807) is 0 Å². The molecule has 0 spiro atoms. The average Bonchev–Trinajstić information content (AvgIpc) is 2.10. The van der Waals surface area contributed by atoms with Crippen molar-refractivity contribution in [3.05, 3.63) is 22.8 Å². The van der Waals surface area contributed by atoms with Gasteiger partial charge in [-0.3, -0.25) is 0 Å². The van der Waals surface area contributed by atoms with Crippen LogP contribution < -0.4 is 0 Å². The van der Waals surface area contributed by atoms with Crippen molar-refractivity contribution >= 4 is 0 Å². The molecule has 0 radical (unpaired) electrons. The Morgan fingerprint density at radius 1 is 1.47 bits per heavy atom. The van der Waals surface area contributed by atoms with Crippen LogP contribution in [0.15, 0.2) is 22.8 Å². The summed E-state index contributed by atoms with van der Waals surface area (Å²) in [5, 5.41) is 9.52. The van der Waals surface area contributed by atoms with Crippen LogP contribution in [0.25, 0.3) is 0 Å². The van der Waals surface area contributed by atoms with Gasteiger partial charge in [0, 0.05) is 0 Å². The third kappa shape index (κ3) is 2.94. The Morgan fingerprint density at radius 3 is 2.53 bits per heavy atom. The maximum atomic E-state index is 9.52. The van der Waals surface area contributed by atoms with Crippen LogP contribution in [0.5, 0.6) is 0 Å². The van der Waals surface area contributed by atoms with Gasteiger partial charge in [-0.25, -0.2) is 0 Å². The molecule has 0 unspecified atom stereocenters. The van der Waals surface area contributed by atoms with Crippen LogP contribution in [0.2, 0.25) is 0 Å². The molecule has 0 aromatic heterocycles. The predicted octanol–water partition coefficient (Wildman–Crippen LogP) is 3.84. The van der Waals surface area contributed by atoms with Crippen molar-refractivity contribution in [3.63, 3.8) is 0 Å². The number of allylic oxidation sites excluding steroid dienone is 3. The van der Waals surface area contributed by atoms with Gasteiger partial charge >= 0.3 is 0 Å². The first-order valence-corrected chi connectivity index (χ1v) is 5.91. The summed E-state index contributed by atoms with van der Waals surface area (Å²) in [7, 11) is 0. The highest BCUT2D eigenvalue weighted by molar-refractivity contribution is 5.35. The molecule has 0 saturated heterocycles. The number of hydrogen-bond donors (Lipinski definition) is 1. The molecule has 0 amide bonds. The summed E-state index contributed by atoms with van der Waals surface area (Å²) in [5.41, 5.74) is 4.27. The Hall–Kier alpha value is -0.560. The van der Waals surface area contributed by atoms with Gasteiger partial charge in [-0.15, -0.1) is 0 Å². The fourth-order valence-electron chi connectivity index (χ4n) is 2.31. The van der Waals surface area contributed by atoms with E-state index in [2.05, 4.69) is 26.8 Å². The monoisotopic (exact) mass is 208 g/mol. The summed E-state index contributed by atoms with van der Waals surface area (Å²) in [5.74, 6) is 0. The zero-order valence-electron chi connectivity index (χ0n) is 10.7. The van der Waals surface area contributed by atoms with E-state index in [4.69, 9.17) is 0 Å². The van der Waals surface area contributed by atoms with Gasteiger partial charge in [0.25, 0.3) is 0 Å². The Labute approximate surface area is 93.9 Å². The minimum atomic E-state index is -0.331. The van der Waals surface area contributed by atoms with Crippen LogP contribution in [-0.4, -0.2) is 11.2 Å². The highest BCUT2D eigenvalue weighted by Gasteiger charge is 2.27. The Balaban J connectivity index is 3.05. The van der Waals surface area contributed by atoms with Crippen LogP contribution in [0.4, 0.5) is 0 Å². The fraction of sp³-hybridized carbons (Fsp3) is 0.714. The van der Waals surface area contributed by atoms with Gasteiger partial charge < -0.3 is 5.11 Å². The number of aliphatic hydroxyl groups is 1. The van der Waals surface area contributed by atoms with Crippen molar-refractivity contribution in [2.45, 2.75) is 60.0 Å². The van der Waals surface area contributed by atoms with Crippen molar-refractivity contribution in [2.75, 3.05) is 0 Å². The quantitative estimate of drug-likeness (QED) is 0.731. The lowest BCUT2D eigenvalue weighted by Gasteiger charge is -2.33. The topological polar surface area (TPSA) is 20.2 Å². The lowest BCUT2D eigenvalue weighted by atomic mass is 9.72. The lowest BCUT2D eigenvalue weighted by molar-refractivity contribution is 0.231. The van der Waals surface area contributed by atoms with Gasteiger partial charge in [-0.05, 0) is 56.6 Å². The first-order valence-electron chi connectivity index (χ1n) is 5.91. The zero-order chi connectivity index (χ0) is 11.6. The summed E-state index contributed by atoms with van der Waals surface area (Å²) in [6, 6.07) is 0. The molecule has 1 heteroatoms. The van der Waals surface area contributed by atoms with Gasteiger partial charge in [-0.1, -0.05) is 25.5 Å². The number of aliphatic hydroxyl groups excluding tert-OH is 1. The summed E-state index contributed by atoms with van der Waals surface area (Å²) >= 11 is 0. The van der Waals surface area contributed by atoms with E-state index >= 15 is 0 Å². The molecule has 1 aliphatic carbocycles. The van der Waals surface area contributed by atoms with Crippen LogP contribution in [0.1, 0.15) is 53.9 Å². The maximum absolute atomic E-state index is 9.52. The van der Waals surface area contributed by atoms with E-state index in [1.165, 1.54) is 30.4 Å². The molecule has 0 bridgehead atoms. The van der Waals surface area contributed by atoms with Crippen molar-refractivity contribution in [3.8, 4) is 0 Å². The van der Waals surface area contributed by atoms with Crippen molar-refractivity contribution < 1.29 is 5.11 Å². The average molecular weight is 208 g/mol. The zero-order valence-corrected chi connectivity index (χ0v) is 10.7. The first-order chi connectivity index (χ1) is 6.84. The van der Waals surface area contributed by atoms with E-state index in [-0.39, 0.29) is 11.5 Å². The van der Waals surface area contributed by atoms with Crippen LogP contribution >= 0.6 is 0 Å². The molecule has 1 atom stereocenters.